The fourth-order valence-corrected chi connectivity index (χ4v) is 3.13. The Bertz CT molecular complexity index is 806. The van der Waals surface area contributed by atoms with Crippen LogP contribution in [0.5, 0.6) is 0 Å². The molecule has 138 valence electrons. The molecule has 0 bridgehead atoms. The number of ether oxygens (including phenoxy) is 1. The van der Waals surface area contributed by atoms with E-state index in [2.05, 4.69) is 10.5 Å². The lowest BCUT2D eigenvalue weighted by molar-refractivity contribution is -0.129. The second-order valence-electron chi connectivity index (χ2n) is 5.70. The summed E-state index contributed by atoms with van der Waals surface area (Å²) in [5, 5.41) is 6.56. The maximum Gasteiger partial charge on any atom is 0.360 e. The van der Waals surface area contributed by atoms with Crippen LogP contribution in [0.15, 0.2) is 28.8 Å². The summed E-state index contributed by atoms with van der Waals surface area (Å²) in [6.45, 7) is 2.93. The lowest BCUT2D eigenvalue weighted by Gasteiger charge is -2.35. The van der Waals surface area contributed by atoms with Crippen LogP contribution in [0.2, 0.25) is 5.02 Å². The first-order chi connectivity index (χ1) is 12.5. The lowest BCUT2D eigenvalue weighted by Crippen LogP contribution is -2.49. The van der Waals surface area contributed by atoms with Gasteiger partial charge in [-0.25, -0.2) is 9.18 Å². The Hall–Kier alpha value is -2.45. The zero-order chi connectivity index (χ0) is 18.7. The van der Waals surface area contributed by atoms with E-state index in [0.29, 0.717) is 18.8 Å². The number of benzene rings is 1. The van der Waals surface area contributed by atoms with Crippen molar-refractivity contribution in [1.82, 2.24) is 15.4 Å². The van der Waals surface area contributed by atoms with Crippen LogP contribution in [0.4, 0.5) is 4.39 Å². The fourth-order valence-electron chi connectivity index (χ4n) is 2.86. The fraction of sp³-hybridized carbons (Fsp3) is 0.353. The first-order valence-corrected chi connectivity index (χ1v) is 8.47. The van der Waals surface area contributed by atoms with Crippen LogP contribution in [-0.2, 0) is 16.1 Å². The number of amides is 1. The van der Waals surface area contributed by atoms with E-state index in [1.54, 1.807) is 11.8 Å². The molecule has 1 amide bonds. The van der Waals surface area contributed by atoms with Gasteiger partial charge in [0.15, 0.2) is 11.5 Å². The molecular formula is C17H17ClFN3O4. The molecule has 0 saturated carbocycles. The molecular weight excluding hydrogens is 365 g/mol. The van der Waals surface area contributed by atoms with Crippen molar-refractivity contribution >= 4 is 23.5 Å². The normalized spacial score (nSPS) is 17.8. The highest BCUT2D eigenvalue weighted by Crippen LogP contribution is 2.32. The first kappa shape index (κ1) is 18.3. The molecule has 1 aromatic heterocycles. The summed E-state index contributed by atoms with van der Waals surface area (Å²) in [6, 6.07) is 4.81. The number of halogens is 2. The van der Waals surface area contributed by atoms with Gasteiger partial charge in [-0.05, 0) is 19.1 Å². The zero-order valence-electron chi connectivity index (χ0n) is 14.0. The molecule has 1 aromatic carbocycles. The van der Waals surface area contributed by atoms with Crippen molar-refractivity contribution in [3.8, 4) is 0 Å². The Balaban J connectivity index is 1.86. The predicted molar refractivity (Wildman–Crippen MR) is 90.0 cm³/mol. The quantitative estimate of drug-likeness (QED) is 0.800. The zero-order valence-corrected chi connectivity index (χ0v) is 14.8. The third-order valence-corrected chi connectivity index (χ3v) is 4.32. The summed E-state index contributed by atoms with van der Waals surface area (Å²) in [7, 11) is 0. The van der Waals surface area contributed by atoms with E-state index in [4.69, 9.17) is 20.9 Å². The monoisotopic (exact) mass is 381 g/mol. The van der Waals surface area contributed by atoms with Gasteiger partial charge in [0.2, 0.25) is 5.91 Å². The number of rotatable bonds is 5. The van der Waals surface area contributed by atoms with Crippen molar-refractivity contribution in [2.24, 2.45) is 0 Å². The minimum Gasteiger partial charge on any atom is -0.461 e. The average molecular weight is 382 g/mol. The Labute approximate surface area is 154 Å². The van der Waals surface area contributed by atoms with E-state index in [-0.39, 0.29) is 35.3 Å². The molecule has 26 heavy (non-hydrogen) atoms. The van der Waals surface area contributed by atoms with E-state index in [1.165, 1.54) is 24.3 Å². The second-order valence-corrected chi connectivity index (χ2v) is 6.11. The molecule has 3 rings (SSSR count). The molecule has 1 unspecified atom stereocenters. The van der Waals surface area contributed by atoms with Crippen LogP contribution in [0.25, 0.3) is 0 Å². The number of esters is 1. The smallest absolute Gasteiger partial charge is 0.360 e. The van der Waals surface area contributed by atoms with E-state index in [1.807, 2.05) is 0 Å². The molecule has 0 aliphatic carbocycles. The van der Waals surface area contributed by atoms with Crippen LogP contribution in [0.1, 0.15) is 34.8 Å². The van der Waals surface area contributed by atoms with E-state index >= 15 is 0 Å². The number of hydrogen-bond donors (Lipinski definition) is 1. The molecule has 1 saturated heterocycles. The number of hydrogen-bond acceptors (Lipinski definition) is 6. The van der Waals surface area contributed by atoms with Gasteiger partial charge < -0.3 is 14.6 Å². The van der Waals surface area contributed by atoms with Crippen LogP contribution < -0.4 is 5.32 Å². The van der Waals surface area contributed by atoms with Crippen molar-refractivity contribution in [2.75, 3.05) is 19.7 Å². The SMILES string of the molecule is CCOC(=O)c1cc(CN2CCNC(=O)C2c2c(F)cccc2Cl)on1. The third kappa shape index (κ3) is 3.71. The summed E-state index contributed by atoms with van der Waals surface area (Å²) in [6.07, 6.45) is 0. The van der Waals surface area contributed by atoms with Gasteiger partial charge in [-0.1, -0.05) is 22.8 Å². The molecule has 0 radical (unpaired) electrons. The average Bonchev–Trinajstić information content (AvgIpc) is 3.06. The number of nitrogens with zero attached hydrogens (tertiary/aromatic N) is 2. The Morgan fingerprint density at radius 2 is 2.35 bits per heavy atom. The lowest BCUT2D eigenvalue weighted by atomic mass is 10.0. The number of aromatic nitrogens is 1. The number of piperazine rings is 1. The second kappa shape index (κ2) is 7.84. The van der Waals surface area contributed by atoms with E-state index in [9.17, 15) is 14.0 Å². The molecule has 2 heterocycles. The maximum atomic E-state index is 14.3. The summed E-state index contributed by atoms with van der Waals surface area (Å²) < 4.78 is 24.4. The summed E-state index contributed by atoms with van der Waals surface area (Å²) in [4.78, 5) is 25.8. The number of nitrogens with one attached hydrogen (secondary N) is 1. The molecule has 1 aliphatic rings. The molecule has 7 nitrogen and oxygen atoms in total. The van der Waals surface area contributed by atoms with Crippen LogP contribution in [0, 0.1) is 5.82 Å². The first-order valence-electron chi connectivity index (χ1n) is 8.09. The molecule has 1 atom stereocenters. The molecule has 1 N–H and O–H groups in total. The molecule has 2 aromatic rings. The van der Waals surface area contributed by atoms with Gasteiger partial charge in [0.05, 0.1) is 13.2 Å². The highest BCUT2D eigenvalue weighted by Gasteiger charge is 2.35. The van der Waals surface area contributed by atoms with Gasteiger partial charge in [0, 0.05) is 29.7 Å². The van der Waals surface area contributed by atoms with Crippen LogP contribution >= 0.6 is 11.6 Å². The standard InChI is InChI=1S/C17H17ClFN3O4/c1-2-25-17(24)13-8-10(26-21-13)9-22-7-6-20-16(23)15(22)14-11(18)4-3-5-12(14)19/h3-5,8,15H,2,6-7,9H2,1H3,(H,20,23). The summed E-state index contributed by atoms with van der Waals surface area (Å²) >= 11 is 6.13. The van der Waals surface area contributed by atoms with Gasteiger partial charge in [-0.15, -0.1) is 0 Å². The predicted octanol–water partition coefficient (Wildman–Crippen LogP) is 2.32. The highest BCUT2D eigenvalue weighted by molar-refractivity contribution is 6.31. The van der Waals surface area contributed by atoms with Crippen molar-refractivity contribution in [1.29, 1.82) is 0 Å². The Morgan fingerprint density at radius 3 is 3.08 bits per heavy atom. The van der Waals surface area contributed by atoms with Crippen LogP contribution in [0.3, 0.4) is 0 Å². The largest absolute Gasteiger partial charge is 0.461 e. The summed E-state index contributed by atoms with van der Waals surface area (Å²) in [5.74, 6) is -1.14. The van der Waals surface area contributed by atoms with Gasteiger partial charge in [-0.2, -0.15) is 0 Å². The van der Waals surface area contributed by atoms with Gasteiger partial charge >= 0.3 is 5.97 Å². The third-order valence-electron chi connectivity index (χ3n) is 3.99. The Kier molecular flexibility index (Phi) is 5.53. The number of carbonyl (C=O) groups excluding carboxylic acids is 2. The van der Waals surface area contributed by atoms with Crippen molar-refractivity contribution in [3.63, 3.8) is 0 Å². The van der Waals surface area contributed by atoms with E-state index in [0.717, 1.165) is 0 Å². The summed E-state index contributed by atoms with van der Waals surface area (Å²) in [5.41, 5.74) is 0.153. The van der Waals surface area contributed by atoms with Gasteiger partial charge in [0.1, 0.15) is 11.9 Å². The molecule has 1 fully saturated rings. The Morgan fingerprint density at radius 1 is 1.54 bits per heavy atom. The molecule has 9 heteroatoms. The molecule has 1 aliphatic heterocycles. The van der Waals surface area contributed by atoms with Crippen LogP contribution in [-0.4, -0.2) is 41.6 Å². The highest BCUT2D eigenvalue weighted by atomic mass is 35.5. The van der Waals surface area contributed by atoms with Crippen molar-refractivity contribution in [3.05, 3.63) is 52.1 Å². The van der Waals surface area contributed by atoms with Crippen molar-refractivity contribution < 1.29 is 23.2 Å². The minimum atomic E-state index is -0.909. The topological polar surface area (TPSA) is 84.7 Å². The minimum absolute atomic E-state index is 0.0452. The molecule has 0 spiro atoms. The maximum absolute atomic E-state index is 14.3. The van der Waals surface area contributed by atoms with Gasteiger partial charge in [-0.3, -0.25) is 9.69 Å². The van der Waals surface area contributed by atoms with E-state index < -0.39 is 17.8 Å². The van der Waals surface area contributed by atoms with Crippen molar-refractivity contribution in [2.45, 2.75) is 19.5 Å². The van der Waals surface area contributed by atoms with Gasteiger partial charge in [0.25, 0.3) is 0 Å². The number of carbonyl (C=O) groups is 2.